The fourth-order valence-corrected chi connectivity index (χ4v) is 3.51. The molecule has 0 radical (unpaired) electrons. The number of hydrogen-bond acceptors (Lipinski definition) is 7. The number of hydrogen-bond donors (Lipinski definition) is 0. The third-order valence-electron chi connectivity index (χ3n) is 3.96. The number of anilines is 1. The maximum atomic E-state index is 12.7. The number of nitrogens with zero attached hydrogens (tertiary/aromatic N) is 1. The fourth-order valence-electron chi connectivity index (χ4n) is 2.65. The van der Waals surface area contributed by atoms with Crippen LogP contribution in [0.1, 0.15) is 20.7 Å². The van der Waals surface area contributed by atoms with Gasteiger partial charge in [0.2, 0.25) is 16.8 Å². The zero-order chi connectivity index (χ0) is 19.6. The number of carbonyl (C=O) groups excluding carboxylic acids is 2. The Bertz CT molecular complexity index is 1000. The molecule has 27 heavy (non-hydrogen) atoms. The Hall–Kier alpha value is -3.07. The lowest BCUT2D eigenvalue weighted by atomic mass is 10.1. The van der Waals surface area contributed by atoms with Crippen LogP contribution in [0.5, 0.6) is 11.5 Å². The zero-order valence-corrected chi connectivity index (χ0v) is 15.5. The number of methoxy groups -OCH3 is 1. The smallest absolute Gasteiger partial charge is 0.340 e. The summed E-state index contributed by atoms with van der Waals surface area (Å²) in [7, 11) is -2.65. The summed E-state index contributed by atoms with van der Waals surface area (Å²) in [6, 6.07) is 10.6. The standard InChI is InChI=1S/C18H17NO7S/c1-24-18(21)13-5-3-4-6-14(13)19(27(2,22)23)10-15(20)12-7-8-16-17(9-12)26-11-25-16/h3-9H,10-11H2,1-2H3. The molecule has 0 atom stereocenters. The Labute approximate surface area is 156 Å². The summed E-state index contributed by atoms with van der Waals surface area (Å²) in [6.45, 7) is -0.415. The van der Waals surface area contributed by atoms with Crippen LogP contribution in [0, 0.1) is 0 Å². The molecule has 1 aliphatic heterocycles. The number of Topliss-reactive ketones (excluding diaryl/α,β-unsaturated/α-hetero) is 1. The van der Waals surface area contributed by atoms with Gasteiger partial charge in [0.05, 0.1) is 31.2 Å². The highest BCUT2D eigenvalue weighted by atomic mass is 32.2. The van der Waals surface area contributed by atoms with E-state index in [9.17, 15) is 18.0 Å². The van der Waals surface area contributed by atoms with Crippen molar-refractivity contribution in [2.24, 2.45) is 0 Å². The van der Waals surface area contributed by atoms with Crippen LogP contribution in [0.15, 0.2) is 42.5 Å². The number of ketones is 1. The number of ether oxygens (including phenoxy) is 3. The quantitative estimate of drug-likeness (QED) is 0.547. The molecule has 0 spiro atoms. The number of sulfonamides is 1. The monoisotopic (exact) mass is 391 g/mol. The topological polar surface area (TPSA) is 99.2 Å². The predicted octanol–water partition coefficient (Wildman–Crippen LogP) is 1.85. The van der Waals surface area contributed by atoms with E-state index in [4.69, 9.17) is 14.2 Å². The molecule has 1 heterocycles. The molecular weight excluding hydrogens is 374 g/mol. The van der Waals surface area contributed by atoms with E-state index in [1.54, 1.807) is 18.2 Å². The highest BCUT2D eigenvalue weighted by Gasteiger charge is 2.27. The van der Waals surface area contributed by atoms with E-state index in [0.29, 0.717) is 11.5 Å². The van der Waals surface area contributed by atoms with Crippen LogP contribution in [0.25, 0.3) is 0 Å². The molecule has 142 valence electrons. The summed E-state index contributed by atoms with van der Waals surface area (Å²) in [5, 5.41) is 0. The van der Waals surface area contributed by atoms with Crippen molar-refractivity contribution in [3.63, 3.8) is 0 Å². The molecule has 0 unspecified atom stereocenters. The lowest BCUT2D eigenvalue weighted by Crippen LogP contribution is -2.36. The third kappa shape index (κ3) is 3.87. The van der Waals surface area contributed by atoms with Crippen LogP contribution in [-0.4, -0.2) is 46.9 Å². The van der Waals surface area contributed by atoms with Crippen molar-refractivity contribution in [2.75, 3.05) is 31.0 Å². The van der Waals surface area contributed by atoms with Gasteiger partial charge in [-0.3, -0.25) is 9.10 Å². The molecule has 8 nitrogen and oxygen atoms in total. The van der Waals surface area contributed by atoms with Crippen LogP contribution in [0.2, 0.25) is 0 Å². The highest BCUT2D eigenvalue weighted by molar-refractivity contribution is 7.92. The van der Waals surface area contributed by atoms with Gasteiger partial charge in [-0.25, -0.2) is 13.2 Å². The van der Waals surface area contributed by atoms with Gasteiger partial charge >= 0.3 is 5.97 Å². The number of para-hydroxylation sites is 1. The molecule has 2 aromatic rings. The normalized spacial score (nSPS) is 12.5. The first-order chi connectivity index (χ1) is 12.8. The van der Waals surface area contributed by atoms with Gasteiger partial charge < -0.3 is 14.2 Å². The summed E-state index contributed by atoms with van der Waals surface area (Å²) in [4.78, 5) is 24.7. The summed E-state index contributed by atoms with van der Waals surface area (Å²) >= 11 is 0. The molecule has 0 bridgehead atoms. The molecule has 0 fully saturated rings. The summed E-state index contributed by atoms with van der Waals surface area (Å²) in [6.07, 6.45) is 0.966. The van der Waals surface area contributed by atoms with Crippen LogP contribution < -0.4 is 13.8 Å². The average Bonchev–Trinajstić information content (AvgIpc) is 3.12. The average molecular weight is 391 g/mol. The number of fused-ring (bicyclic) bond motifs is 1. The van der Waals surface area contributed by atoms with Crippen molar-refractivity contribution in [3.8, 4) is 11.5 Å². The van der Waals surface area contributed by atoms with Crippen LogP contribution >= 0.6 is 0 Å². The number of esters is 1. The van der Waals surface area contributed by atoms with Gasteiger partial charge in [-0.05, 0) is 30.3 Å². The van der Waals surface area contributed by atoms with E-state index in [1.807, 2.05) is 0 Å². The third-order valence-corrected chi connectivity index (χ3v) is 5.09. The summed E-state index contributed by atoms with van der Waals surface area (Å²) < 4.78 is 40.7. The molecule has 3 rings (SSSR count). The van der Waals surface area contributed by atoms with Gasteiger partial charge in [0.15, 0.2) is 17.3 Å². The van der Waals surface area contributed by atoms with Crippen molar-refractivity contribution in [2.45, 2.75) is 0 Å². The molecule has 0 amide bonds. The van der Waals surface area contributed by atoms with E-state index >= 15 is 0 Å². The SMILES string of the molecule is COC(=O)c1ccccc1N(CC(=O)c1ccc2c(c1)OCO2)S(C)(=O)=O. The first-order valence-corrected chi connectivity index (χ1v) is 9.74. The maximum Gasteiger partial charge on any atom is 0.340 e. The maximum absolute atomic E-state index is 12.7. The molecule has 9 heteroatoms. The van der Waals surface area contributed by atoms with Gasteiger partial charge in [-0.15, -0.1) is 0 Å². The minimum absolute atomic E-state index is 0.0453. The second-order valence-corrected chi connectivity index (χ2v) is 7.68. The highest BCUT2D eigenvalue weighted by Crippen LogP contribution is 2.33. The lowest BCUT2D eigenvalue weighted by Gasteiger charge is -2.23. The Balaban J connectivity index is 1.96. The van der Waals surface area contributed by atoms with Crippen molar-refractivity contribution >= 4 is 27.5 Å². The molecule has 2 aromatic carbocycles. The van der Waals surface area contributed by atoms with Gasteiger partial charge in [-0.2, -0.15) is 0 Å². The molecule has 0 aromatic heterocycles. The van der Waals surface area contributed by atoms with Crippen molar-refractivity contribution in [3.05, 3.63) is 53.6 Å². The first kappa shape index (κ1) is 18.7. The largest absolute Gasteiger partial charge is 0.465 e. The molecule has 0 N–H and O–H groups in total. The Kier molecular flexibility index (Phi) is 5.04. The Morgan fingerprint density at radius 2 is 1.81 bits per heavy atom. The van der Waals surface area contributed by atoms with Crippen LogP contribution in [-0.2, 0) is 14.8 Å². The number of benzene rings is 2. The van der Waals surface area contributed by atoms with E-state index in [0.717, 1.165) is 10.6 Å². The second-order valence-electron chi connectivity index (χ2n) is 5.77. The van der Waals surface area contributed by atoms with Crippen molar-refractivity contribution in [1.29, 1.82) is 0 Å². The van der Waals surface area contributed by atoms with Crippen LogP contribution in [0.3, 0.4) is 0 Å². The zero-order valence-electron chi connectivity index (χ0n) is 14.7. The van der Waals surface area contributed by atoms with Crippen molar-refractivity contribution < 1.29 is 32.2 Å². The predicted molar refractivity (Wildman–Crippen MR) is 96.9 cm³/mol. The Morgan fingerprint density at radius 1 is 1.11 bits per heavy atom. The number of carbonyl (C=O) groups is 2. The van der Waals surface area contributed by atoms with E-state index in [-0.39, 0.29) is 23.6 Å². The number of rotatable bonds is 6. The van der Waals surface area contributed by atoms with Crippen LogP contribution in [0.4, 0.5) is 5.69 Å². The van der Waals surface area contributed by atoms with E-state index in [1.165, 1.54) is 31.4 Å². The second kappa shape index (κ2) is 7.28. The molecule has 0 aliphatic carbocycles. The van der Waals surface area contributed by atoms with Gasteiger partial charge in [0, 0.05) is 5.56 Å². The minimum atomic E-state index is -3.85. The minimum Gasteiger partial charge on any atom is -0.465 e. The summed E-state index contributed by atoms with van der Waals surface area (Å²) in [5.74, 6) is -0.225. The van der Waals surface area contributed by atoms with Gasteiger partial charge in [0.25, 0.3) is 0 Å². The van der Waals surface area contributed by atoms with Gasteiger partial charge in [-0.1, -0.05) is 12.1 Å². The Morgan fingerprint density at radius 3 is 2.52 bits per heavy atom. The lowest BCUT2D eigenvalue weighted by molar-refractivity contribution is 0.0601. The molecule has 0 saturated carbocycles. The summed E-state index contributed by atoms with van der Waals surface area (Å²) in [5.41, 5.74) is 0.383. The van der Waals surface area contributed by atoms with Gasteiger partial charge in [0.1, 0.15) is 0 Å². The molecule has 0 saturated heterocycles. The van der Waals surface area contributed by atoms with E-state index in [2.05, 4.69) is 0 Å². The van der Waals surface area contributed by atoms with Crippen molar-refractivity contribution in [1.82, 2.24) is 0 Å². The molecule has 1 aliphatic rings. The molecular formula is C18H17NO7S. The fraction of sp³-hybridized carbons (Fsp3) is 0.222. The first-order valence-electron chi connectivity index (χ1n) is 7.89. The van der Waals surface area contributed by atoms with E-state index < -0.39 is 28.3 Å².